The average molecular weight is 362 g/mol. The SMILES string of the molecule is CC1=NN=C(c2ccc(CN(C=O)c3ccc(F)cc3Cl)c(F)c2)C1. The lowest BCUT2D eigenvalue weighted by atomic mass is 10.0. The number of rotatable bonds is 5. The molecule has 0 bridgehead atoms. The van der Waals surface area contributed by atoms with Crippen molar-refractivity contribution in [3.05, 3.63) is 64.2 Å². The molecular weight excluding hydrogens is 348 g/mol. The van der Waals surface area contributed by atoms with Crippen LogP contribution in [-0.4, -0.2) is 17.8 Å². The van der Waals surface area contributed by atoms with Gasteiger partial charge in [-0.15, -0.1) is 0 Å². The third-order valence-electron chi connectivity index (χ3n) is 3.84. The van der Waals surface area contributed by atoms with Crippen molar-refractivity contribution in [3.63, 3.8) is 0 Å². The fourth-order valence-electron chi connectivity index (χ4n) is 2.55. The molecule has 0 unspecified atom stereocenters. The van der Waals surface area contributed by atoms with Crippen LogP contribution in [0.15, 0.2) is 46.6 Å². The van der Waals surface area contributed by atoms with Gasteiger partial charge in [0.1, 0.15) is 11.6 Å². The fraction of sp³-hybridized carbons (Fsp3) is 0.167. The van der Waals surface area contributed by atoms with Crippen molar-refractivity contribution < 1.29 is 13.6 Å². The van der Waals surface area contributed by atoms with E-state index in [0.717, 1.165) is 11.8 Å². The van der Waals surface area contributed by atoms with Gasteiger partial charge in [-0.2, -0.15) is 10.2 Å². The van der Waals surface area contributed by atoms with Crippen LogP contribution < -0.4 is 4.90 Å². The zero-order valence-corrected chi connectivity index (χ0v) is 14.1. The second kappa shape index (κ2) is 7.11. The lowest BCUT2D eigenvalue weighted by Crippen LogP contribution is -2.21. The Morgan fingerprint density at radius 3 is 2.60 bits per heavy atom. The highest BCUT2D eigenvalue weighted by molar-refractivity contribution is 6.33. The van der Waals surface area contributed by atoms with Crippen LogP contribution in [0.5, 0.6) is 0 Å². The van der Waals surface area contributed by atoms with Crippen LogP contribution in [0.3, 0.4) is 0 Å². The van der Waals surface area contributed by atoms with Crippen molar-refractivity contribution in [2.24, 2.45) is 10.2 Å². The minimum atomic E-state index is -0.509. The Kier molecular flexibility index (Phi) is 4.90. The first-order chi connectivity index (χ1) is 12.0. The minimum absolute atomic E-state index is 0.0248. The van der Waals surface area contributed by atoms with Crippen LogP contribution in [0.4, 0.5) is 14.5 Å². The molecule has 0 spiro atoms. The van der Waals surface area contributed by atoms with Gasteiger partial charge in [0.15, 0.2) is 0 Å². The number of nitrogens with zero attached hydrogens (tertiary/aromatic N) is 3. The number of hydrogen-bond acceptors (Lipinski definition) is 3. The van der Waals surface area contributed by atoms with E-state index in [1.165, 1.54) is 23.1 Å². The summed E-state index contributed by atoms with van der Waals surface area (Å²) in [6.45, 7) is 1.83. The van der Waals surface area contributed by atoms with Crippen molar-refractivity contribution >= 4 is 35.1 Å². The summed E-state index contributed by atoms with van der Waals surface area (Å²) in [6, 6.07) is 8.38. The van der Waals surface area contributed by atoms with E-state index in [1.54, 1.807) is 12.1 Å². The van der Waals surface area contributed by atoms with Crippen molar-refractivity contribution in [3.8, 4) is 0 Å². The van der Waals surface area contributed by atoms with Gasteiger partial charge in [-0.05, 0) is 31.2 Å². The lowest BCUT2D eigenvalue weighted by Gasteiger charge is -2.19. The van der Waals surface area contributed by atoms with Gasteiger partial charge in [0, 0.05) is 23.3 Å². The van der Waals surface area contributed by atoms with Gasteiger partial charge in [0.2, 0.25) is 6.41 Å². The molecule has 1 amide bonds. The predicted molar refractivity (Wildman–Crippen MR) is 94.3 cm³/mol. The normalized spacial score (nSPS) is 13.4. The van der Waals surface area contributed by atoms with Gasteiger partial charge in [-0.1, -0.05) is 23.7 Å². The highest BCUT2D eigenvalue weighted by atomic mass is 35.5. The van der Waals surface area contributed by atoms with E-state index in [2.05, 4.69) is 10.2 Å². The molecule has 2 aromatic rings. The minimum Gasteiger partial charge on any atom is -0.309 e. The van der Waals surface area contributed by atoms with E-state index in [0.29, 0.717) is 35.4 Å². The maximum absolute atomic E-state index is 14.4. The summed E-state index contributed by atoms with van der Waals surface area (Å²) >= 11 is 5.97. The fourth-order valence-corrected chi connectivity index (χ4v) is 2.83. The molecule has 1 heterocycles. The molecule has 0 saturated carbocycles. The summed E-state index contributed by atoms with van der Waals surface area (Å²) in [6.07, 6.45) is 1.12. The molecule has 0 atom stereocenters. The highest BCUT2D eigenvalue weighted by Crippen LogP contribution is 2.27. The van der Waals surface area contributed by atoms with Crippen LogP contribution in [0.25, 0.3) is 0 Å². The van der Waals surface area contributed by atoms with E-state index in [9.17, 15) is 13.6 Å². The molecule has 0 fully saturated rings. The summed E-state index contributed by atoms with van der Waals surface area (Å²) in [5, 5.41) is 8.05. The molecule has 0 saturated heterocycles. The zero-order valence-electron chi connectivity index (χ0n) is 13.3. The van der Waals surface area contributed by atoms with Gasteiger partial charge >= 0.3 is 0 Å². The van der Waals surface area contributed by atoms with Crippen LogP contribution in [0, 0.1) is 11.6 Å². The Bertz CT molecular complexity index is 896. The van der Waals surface area contributed by atoms with Crippen LogP contribution in [0.2, 0.25) is 5.02 Å². The van der Waals surface area contributed by atoms with E-state index in [4.69, 9.17) is 11.6 Å². The van der Waals surface area contributed by atoms with Crippen molar-refractivity contribution in [2.75, 3.05) is 4.90 Å². The van der Waals surface area contributed by atoms with Crippen LogP contribution >= 0.6 is 11.6 Å². The lowest BCUT2D eigenvalue weighted by molar-refractivity contribution is -0.107. The van der Waals surface area contributed by atoms with E-state index >= 15 is 0 Å². The number of carbonyl (C=O) groups excluding carboxylic acids is 1. The molecule has 3 rings (SSSR count). The standard InChI is InChI=1S/C18H14ClF2N3O/c1-11-6-17(23-22-11)12-2-3-13(16(21)7-12)9-24(10-25)18-5-4-14(20)8-15(18)19/h2-5,7-8,10H,6,9H2,1H3. The monoisotopic (exact) mass is 361 g/mol. The summed E-state index contributed by atoms with van der Waals surface area (Å²) in [7, 11) is 0. The number of carbonyl (C=O) groups is 1. The smallest absolute Gasteiger partial charge is 0.214 e. The number of halogens is 3. The first-order valence-electron chi connectivity index (χ1n) is 7.53. The van der Waals surface area contributed by atoms with Crippen molar-refractivity contribution in [1.82, 2.24) is 0 Å². The van der Waals surface area contributed by atoms with E-state index in [1.807, 2.05) is 6.92 Å². The summed E-state index contributed by atoms with van der Waals surface area (Å²) < 4.78 is 27.6. The van der Waals surface area contributed by atoms with Crippen molar-refractivity contribution in [2.45, 2.75) is 19.9 Å². The van der Waals surface area contributed by atoms with Gasteiger partial charge < -0.3 is 4.90 Å². The predicted octanol–water partition coefficient (Wildman–Crippen LogP) is 4.35. The molecule has 0 radical (unpaired) electrons. The summed E-state index contributed by atoms with van der Waals surface area (Å²) in [4.78, 5) is 12.6. The average Bonchev–Trinajstić information content (AvgIpc) is 3.01. The Balaban J connectivity index is 1.83. The van der Waals surface area contributed by atoms with Crippen LogP contribution in [0.1, 0.15) is 24.5 Å². The van der Waals surface area contributed by atoms with Gasteiger partial charge in [-0.25, -0.2) is 8.78 Å². The third-order valence-corrected chi connectivity index (χ3v) is 4.14. The number of benzene rings is 2. The molecule has 1 aliphatic heterocycles. The zero-order chi connectivity index (χ0) is 18.0. The van der Waals surface area contributed by atoms with E-state index in [-0.39, 0.29) is 11.6 Å². The molecule has 0 N–H and O–H groups in total. The summed E-state index contributed by atoms with van der Waals surface area (Å²) in [5.74, 6) is -0.972. The first-order valence-corrected chi connectivity index (χ1v) is 7.91. The molecule has 128 valence electrons. The maximum atomic E-state index is 14.4. The van der Waals surface area contributed by atoms with Crippen molar-refractivity contribution in [1.29, 1.82) is 0 Å². The third kappa shape index (κ3) is 3.74. The molecule has 4 nitrogen and oxygen atoms in total. The molecule has 2 aromatic carbocycles. The first kappa shape index (κ1) is 17.2. The van der Waals surface area contributed by atoms with Gasteiger partial charge in [-0.3, -0.25) is 4.79 Å². The molecular formula is C18H14ClF2N3O. The summed E-state index contributed by atoms with van der Waals surface area (Å²) in [5.41, 5.74) is 2.85. The van der Waals surface area contributed by atoms with E-state index < -0.39 is 11.6 Å². The second-order valence-corrected chi connectivity index (χ2v) is 6.10. The Morgan fingerprint density at radius 2 is 2.00 bits per heavy atom. The van der Waals surface area contributed by atoms with Crippen LogP contribution in [-0.2, 0) is 11.3 Å². The topological polar surface area (TPSA) is 45.0 Å². The molecule has 7 heteroatoms. The Hall–Kier alpha value is -2.60. The number of amides is 1. The number of hydrogen-bond donors (Lipinski definition) is 0. The largest absolute Gasteiger partial charge is 0.309 e. The van der Waals surface area contributed by atoms with Gasteiger partial charge in [0.05, 0.1) is 23.0 Å². The quantitative estimate of drug-likeness (QED) is 0.730. The second-order valence-electron chi connectivity index (χ2n) is 5.69. The highest BCUT2D eigenvalue weighted by Gasteiger charge is 2.16. The molecule has 25 heavy (non-hydrogen) atoms. The number of anilines is 1. The Labute approximate surface area is 148 Å². The molecule has 0 aliphatic carbocycles. The van der Waals surface area contributed by atoms with Gasteiger partial charge in [0.25, 0.3) is 0 Å². The Morgan fingerprint density at radius 1 is 1.20 bits per heavy atom. The molecule has 0 aromatic heterocycles. The maximum Gasteiger partial charge on any atom is 0.214 e. The molecule has 1 aliphatic rings.